The van der Waals surface area contributed by atoms with E-state index in [-0.39, 0.29) is 28.9 Å². The summed E-state index contributed by atoms with van der Waals surface area (Å²) in [6.07, 6.45) is 1.32. The van der Waals surface area contributed by atoms with Crippen molar-refractivity contribution in [3.8, 4) is 0 Å². The highest BCUT2D eigenvalue weighted by Crippen LogP contribution is 2.18. The molecule has 1 amide bonds. The van der Waals surface area contributed by atoms with E-state index in [1.165, 1.54) is 0 Å². The first kappa shape index (κ1) is 14.4. The van der Waals surface area contributed by atoms with Crippen LogP contribution in [-0.4, -0.2) is 37.9 Å². The Morgan fingerprint density at radius 2 is 2.00 bits per heavy atom. The van der Waals surface area contributed by atoms with Crippen LogP contribution in [0.1, 0.15) is 33.6 Å². The molecule has 2 atom stereocenters. The van der Waals surface area contributed by atoms with Crippen molar-refractivity contribution in [1.82, 2.24) is 5.32 Å². The zero-order chi connectivity index (χ0) is 13.3. The van der Waals surface area contributed by atoms with Gasteiger partial charge in [0.1, 0.15) is 0 Å². The molecule has 1 aliphatic heterocycles. The molecule has 3 N–H and O–H groups in total. The van der Waals surface area contributed by atoms with E-state index in [4.69, 9.17) is 5.73 Å². The molecular formula is C11H22N2O3S. The number of carbonyl (C=O) groups excluding carboxylic acids is 1. The summed E-state index contributed by atoms with van der Waals surface area (Å²) in [4.78, 5) is 11.8. The van der Waals surface area contributed by atoms with Gasteiger partial charge < -0.3 is 11.1 Å². The van der Waals surface area contributed by atoms with Crippen molar-refractivity contribution in [3.05, 3.63) is 0 Å². The molecule has 1 saturated heterocycles. The number of sulfone groups is 1. The molecule has 5 nitrogen and oxygen atoms in total. The van der Waals surface area contributed by atoms with E-state index in [2.05, 4.69) is 5.32 Å². The Balaban J connectivity index is 2.58. The zero-order valence-electron chi connectivity index (χ0n) is 10.7. The second-order valence-electron chi connectivity index (χ2n) is 5.81. The number of nitrogens with one attached hydrogen (secondary N) is 1. The third-order valence-electron chi connectivity index (χ3n) is 3.02. The van der Waals surface area contributed by atoms with E-state index < -0.39 is 15.9 Å². The number of carbonyl (C=O) groups is 1. The van der Waals surface area contributed by atoms with Crippen molar-refractivity contribution in [2.24, 2.45) is 11.1 Å². The molecule has 0 saturated carbocycles. The van der Waals surface area contributed by atoms with Crippen LogP contribution in [0.3, 0.4) is 0 Å². The Kier molecular flexibility index (Phi) is 4.19. The average molecular weight is 262 g/mol. The molecule has 1 fully saturated rings. The SMILES string of the molecule is CC(C)(C)[C@@H](N)C(=O)NC1CCCS(=O)(=O)C1. The predicted molar refractivity (Wildman–Crippen MR) is 67.2 cm³/mol. The average Bonchev–Trinajstić information content (AvgIpc) is 2.13. The first-order chi connectivity index (χ1) is 7.62. The van der Waals surface area contributed by atoms with Crippen LogP contribution in [0.4, 0.5) is 0 Å². The minimum atomic E-state index is -2.99. The zero-order valence-corrected chi connectivity index (χ0v) is 11.5. The van der Waals surface area contributed by atoms with Crippen molar-refractivity contribution < 1.29 is 13.2 Å². The molecule has 100 valence electrons. The Morgan fingerprint density at radius 3 is 2.47 bits per heavy atom. The van der Waals surface area contributed by atoms with E-state index in [9.17, 15) is 13.2 Å². The van der Waals surface area contributed by atoms with Gasteiger partial charge in [-0.15, -0.1) is 0 Å². The van der Waals surface area contributed by atoms with Crippen molar-refractivity contribution >= 4 is 15.7 Å². The second kappa shape index (κ2) is 4.94. The lowest BCUT2D eigenvalue weighted by Crippen LogP contribution is -2.53. The lowest BCUT2D eigenvalue weighted by atomic mass is 9.87. The maximum absolute atomic E-state index is 11.8. The maximum Gasteiger partial charge on any atom is 0.237 e. The number of hydrogen-bond donors (Lipinski definition) is 2. The van der Waals surface area contributed by atoms with Crippen LogP contribution in [0.2, 0.25) is 0 Å². The first-order valence-corrected chi connectivity index (χ1v) is 7.70. The first-order valence-electron chi connectivity index (χ1n) is 5.88. The van der Waals surface area contributed by atoms with E-state index in [0.29, 0.717) is 12.8 Å². The summed E-state index contributed by atoms with van der Waals surface area (Å²) in [5, 5.41) is 2.74. The van der Waals surface area contributed by atoms with E-state index in [0.717, 1.165) is 0 Å². The largest absolute Gasteiger partial charge is 0.351 e. The van der Waals surface area contributed by atoms with Gasteiger partial charge in [-0.25, -0.2) is 8.42 Å². The molecule has 17 heavy (non-hydrogen) atoms. The minimum absolute atomic E-state index is 0.0373. The van der Waals surface area contributed by atoms with Crippen LogP contribution in [0.5, 0.6) is 0 Å². The van der Waals surface area contributed by atoms with Gasteiger partial charge >= 0.3 is 0 Å². The highest BCUT2D eigenvalue weighted by molar-refractivity contribution is 7.91. The van der Waals surface area contributed by atoms with Crippen LogP contribution in [-0.2, 0) is 14.6 Å². The molecule has 6 heteroatoms. The third kappa shape index (κ3) is 4.27. The van der Waals surface area contributed by atoms with Gasteiger partial charge in [-0.2, -0.15) is 0 Å². The number of nitrogens with two attached hydrogens (primary N) is 1. The summed E-state index contributed by atoms with van der Waals surface area (Å²) in [5.74, 6) is -0.0000750. The highest BCUT2D eigenvalue weighted by atomic mass is 32.2. The van der Waals surface area contributed by atoms with Gasteiger partial charge in [-0.05, 0) is 18.3 Å². The van der Waals surface area contributed by atoms with Gasteiger partial charge in [0.15, 0.2) is 9.84 Å². The van der Waals surface area contributed by atoms with Gasteiger partial charge in [0.25, 0.3) is 0 Å². The van der Waals surface area contributed by atoms with Crippen molar-refractivity contribution in [1.29, 1.82) is 0 Å². The van der Waals surface area contributed by atoms with Crippen molar-refractivity contribution in [3.63, 3.8) is 0 Å². The molecule has 0 aromatic heterocycles. The van der Waals surface area contributed by atoms with Crippen LogP contribution in [0.25, 0.3) is 0 Å². The summed E-state index contributed by atoms with van der Waals surface area (Å²) in [6.45, 7) is 5.65. The molecule has 0 bridgehead atoms. The number of rotatable bonds is 2. The fourth-order valence-electron chi connectivity index (χ4n) is 1.82. The van der Waals surface area contributed by atoms with Crippen LogP contribution in [0, 0.1) is 5.41 Å². The number of hydrogen-bond acceptors (Lipinski definition) is 4. The lowest BCUT2D eigenvalue weighted by molar-refractivity contribution is -0.125. The highest BCUT2D eigenvalue weighted by Gasteiger charge is 2.31. The van der Waals surface area contributed by atoms with Crippen LogP contribution >= 0.6 is 0 Å². The molecule has 0 spiro atoms. The summed E-state index contributed by atoms with van der Waals surface area (Å²) in [7, 11) is -2.99. The Hall–Kier alpha value is -0.620. The lowest BCUT2D eigenvalue weighted by Gasteiger charge is -2.29. The molecule has 1 unspecified atom stereocenters. The second-order valence-corrected chi connectivity index (χ2v) is 8.03. The van der Waals surface area contributed by atoms with Gasteiger partial charge in [-0.1, -0.05) is 20.8 Å². The molecule has 0 radical (unpaired) electrons. The number of amides is 1. The maximum atomic E-state index is 11.8. The molecule has 0 aromatic rings. The standard InChI is InChI=1S/C11H22N2O3S/c1-11(2,3)9(12)10(14)13-8-5-4-6-17(15,16)7-8/h8-9H,4-7,12H2,1-3H3,(H,13,14)/t8?,9-/m0/s1. The van der Waals surface area contributed by atoms with Gasteiger partial charge in [0, 0.05) is 6.04 Å². The Morgan fingerprint density at radius 1 is 1.41 bits per heavy atom. The molecule has 0 aliphatic carbocycles. The topological polar surface area (TPSA) is 89.3 Å². The molecule has 0 aromatic carbocycles. The van der Waals surface area contributed by atoms with Gasteiger partial charge in [0.05, 0.1) is 17.5 Å². The van der Waals surface area contributed by atoms with Gasteiger partial charge in [-0.3, -0.25) is 4.79 Å². The fourth-order valence-corrected chi connectivity index (χ4v) is 3.46. The summed E-state index contributed by atoms with van der Waals surface area (Å²) in [5.41, 5.74) is 5.50. The van der Waals surface area contributed by atoms with E-state index in [1.54, 1.807) is 0 Å². The third-order valence-corrected chi connectivity index (χ3v) is 4.85. The predicted octanol–water partition coefficient (Wildman–Crippen LogP) is 0.0532. The molecule has 1 aliphatic rings. The monoisotopic (exact) mass is 262 g/mol. The normalized spacial score (nSPS) is 26.2. The summed E-state index contributed by atoms with van der Waals surface area (Å²) < 4.78 is 22.9. The molecule has 1 rings (SSSR count). The molecular weight excluding hydrogens is 240 g/mol. The summed E-state index contributed by atoms with van der Waals surface area (Å²) in [6, 6.07) is -0.901. The Labute approximate surface area is 103 Å². The van der Waals surface area contributed by atoms with Crippen LogP contribution < -0.4 is 11.1 Å². The molecule has 1 heterocycles. The fraction of sp³-hybridized carbons (Fsp3) is 0.909. The summed E-state index contributed by atoms with van der Waals surface area (Å²) >= 11 is 0. The van der Waals surface area contributed by atoms with E-state index in [1.807, 2.05) is 20.8 Å². The van der Waals surface area contributed by atoms with E-state index >= 15 is 0 Å². The quantitative estimate of drug-likeness (QED) is 0.736. The minimum Gasteiger partial charge on any atom is -0.351 e. The smallest absolute Gasteiger partial charge is 0.237 e. The van der Waals surface area contributed by atoms with Crippen LogP contribution in [0.15, 0.2) is 0 Å². The Bertz CT molecular complexity index is 384. The van der Waals surface area contributed by atoms with Gasteiger partial charge in [0.2, 0.25) is 5.91 Å². The van der Waals surface area contributed by atoms with Crippen molar-refractivity contribution in [2.45, 2.75) is 45.7 Å². The van der Waals surface area contributed by atoms with Crippen molar-refractivity contribution in [2.75, 3.05) is 11.5 Å².